The number of methoxy groups -OCH3 is 1. The third kappa shape index (κ3) is 3.36. The van der Waals surface area contributed by atoms with Crippen molar-refractivity contribution in [2.75, 3.05) is 7.11 Å². The van der Waals surface area contributed by atoms with E-state index in [4.69, 9.17) is 14.7 Å². The Kier molecular flexibility index (Phi) is 5.02. The highest BCUT2D eigenvalue weighted by Crippen LogP contribution is 2.43. The molecule has 1 saturated carbocycles. The largest absolute Gasteiger partial charge is 0.481 e. The number of ether oxygens (including phenoxy) is 2. The molecule has 7 nitrogen and oxygen atoms in total. The number of nitrogens with one attached hydrogen (secondary N) is 1. The second kappa shape index (κ2) is 7.63. The van der Waals surface area contributed by atoms with Gasteiger partial charge < -0.3 is 9.47 Å². The van der Waals surface area contributed by atoms with Gasteiger partial charge in [0.2, 0.25) is 5.88 Å². The normalized spacial score (nSPS) is 15.3. The molecule has 2 heterocycles. The molecule has 0 radical (unpaired) electrons. The lowest BCUT2D eigenvalue weighted by molar-refractivity contribution is -0.135. The highest BCUT2D eigenvalue weighted by atomic mass is 19.1. The van der Waals surface area contributed by atoms with Crippen LogP contribution in [0.25, 0.3) is 11.0 Å². The fraction of sp³-hybridized carbons (Fsp3) is 0.286. The molecule has 1 fully saturated rings. The van der Waals surface area contributed by atoms with Crippen LogP contribution >= 0.6 is 0 Å². The van der Waals surface area contributed by atoms with Crippen molar-refractivity contribution in [1.82, 2.24) is 15.4 Å². The van der Waals surface area contributed by atoms with Crippen LogP contribution in [0.4, 0.5) is 4.39 Å². The fourth-order valence-corrected chi connectivity index (χ4v) is 3.97. The van der Waals surface area contributed by atoms with E-state index in [1.807, 2.05) is 0 Å². The number of hydrogen-bond donors (Lipinski definition) is 2. The molecule has 8 heteroatoms. The maximum Gasteiger partial charge on any atom is 0.254 e. The van der Waals surface area contributed by atoms with Gasteiger partial charge in [0.05, 0.1) is 17.9 Å². The summed E-state index contributed by atoms with van der Waals surface area (Å²) in [4.78, 5) is 20.7. The lowest BCUT2D eigenvalue weighted by atomic mass is 9.78. The van der Waals surface area contributed by atoms with Crippen LogP contribution in [0.1, 0.15) is 31.2 Å². The van der Waals surface area contributed by atoms with Gasteiger partial charge in [-0.05, 0) is 31.0 Å². The van der Waals surface area contributed by atoms with Crippen LogP contribution in [0, 0.1) is 5.82 Å². The van der Waals surface area contributed by atoms with Crippen molar-refractivity contribution in [3.63, 3.8) is 0 Å². The fourth-order valence-electron chi connectivity index (χ4n) is 3.97. The Morgan fingerprint density at radius 2 is 2.00 bits per heavy atom. The van der Waals surface area contributed by atoms with Gasteiger partial charge in [0.15, 0.2) is 5.65 Å². The molecule has 1 aliphatic carbocycles. The zero-order valence-corrected chi connectivity index (χ0v) is 15.8. The van der Waals surface area contributed by atoms with Crippen molar-refractivity contribution < 1.29 is 23.9 Å². The Morgan fingerprint density at radius 1 is 1.21 bits per heavy atom. The number of rotatable bonds is 5. The van der Waals surface area contributed by atoms with Gasteiger partial charge >= 0.3 is 0 Å². The highest BCUT2D eigenvalue weighted by Gasteiger charge is 2.44. The Hall–Kier alpha value is -3.26. The SMILES string of the molecule is COc1ccc2c(Oc3ccc(C4(C(=O)NO)CCCC4)c(F)c3)ccnc2n1. The van der Waals surface area contributed by atoms with Gasteiger partial charge in [-0.15, -0.1) is 0 Å². The molecular weight excluding hydrogens is 377 g/mol. The summed E-state index contributed by atoms with van der Waals surface area (Å²) in [6, 6.07) is 9.55. The minimum absolute atomic E-state index is 0.264. The number of halogens is 1. The maximum atomic E-state index is 15.0. The minimum Gasteiger partial charge on any atom is -0.481 e. The average molecular weight is 397 g/mol. The van der Waals surface area contributed by atoms with Crippen molar-refractivity contribution in [1.29, 1.82) is 0 Å². The molecule has 4 rings (SSSR count). The summed E-state index contributed by atoms with van der Waals surface area (Å²) in [5, 5.41) is 9.79. The first kappa shape index (κ1) is 19.1. The van der Waals surface area contributed by atoms with E-state index in [0.29, 0.717) is 35.5 Å². The number of aromatic nitrogens is 2. The predicted octanol–water partition coefficient (Wildman–Crippen LogP) is 3.89. The summed E-state index contributed by atoms with van der Waals surface area (Å²) in [5.74, 6) is 0.0588. The summed E-state index contributed by atoms with van der Waals surface area (Å²) in [7, 11) is 1.52. The first-order chi connectivity index (χ1) is 14.1. The summed E-state index contributed by atoms with van der Waals surface area (Å²) in [5.41, 5.74) is 1.35. The monoisotopic (exact) mass is 397 g/mol. The molecule has 0 aliphatic heterocycles. The maximum absolute atomic E-state index is 15.0. The number of pyridine rings is 2. The summed E-state index contributed by atoms with van der Waals surface area (Å²) in [6.07, 6.45) is 4.11. The van der Waals surface area contributed by atoms with E-state index in [2.05, 4.69) is 9.97 Å². The van der Waals surface area contributed by atoms with Crippen LogP contribution in [-0.2, 0) is 10.2 Å². The number of benzene rings is 1. The van der Waals surface area contributed by atoms with Gasteiger partial charge in [-0.3, -0.25) is 10.0 Å². The number of nitrogens with zero attached hydrogens (tertiary/aromatic N) is 2. The molecule has 3 aromatic rings. The molecule has 1 aromatic carbocycles. The van der Waals surface area contributed by atoms with E-state index < -0.39 is 17.1 Å². The predicted molar refractivity (Wildman–Crippen MR) is 103 cm³/mol. The second-order valence-corrected chi connectivity index (χ2v) is 7.01. The zero-order valence-electron chi connectivity index (χ0n) is 15.8. The van der Waals surface area contributed by atoms with E-state index in [1.165, 1.54) is 13.2 Å². The van der Waals surface area contributed by atoms with Crippen LogP contribution in [0.2, 0.25) is 0 Å². The zero-order chi connectivity index (χ0) is 20.4. The van der Waals surface area contributed by atoms with E-state index in [9.17, 15) is 9.18 Å². The van der Waals surface area contributed by atoms with Gasteiger partial charge in [-0.25, -0.2) is 14.9 Å². The number of hydrogen-bond acceptors (Lipinski definition) is 6. The average Bonchev–Trinajstić information content (AvgIpc) is 3.24. The molecule has 29 heavy (non-hydrogen) atoms. The van der Waals surface area contributed by atoms with Gasteiger partial charge in [0.1, 0.15) is 17.3 Å². The van der Waals surface area contributed by atoms with E-state index in [-0.39, 0.29) is 11.3 Å². The molecular formula is C21H20FN3O4. The first-order valence-corrected chi connectivity index (χ1v) is 9.29. The van der Waals surface area contributed by atoms with Crippen molar-refractivity contribution >= 4 is 16.9 Å². The second-order valence-electron chi connectivity index (χ2n) is 7.01. The summed E-state index contributed by atoms with van der Waals surface area (Å²) in [6.45, 7) is 0. The highest BCUT2D eigenvalue weighted by molar-refractivity contribution is 5.88. The van der Waals surface area contributed by atoms with E-state index >= 15 is 0 Å². The molecule has 0 bridgehead atoms. The topological polar surface area (TPSA) is 93.6 Å². The number of hydroxylamine groups is 1. The molecule has 0 saturated heterocycles. The van der Waals surface area contributed by atoms with Crippen LogP contribution in [0.3, 0.4) is 0 Å². The Bertz CT molecular complexity index is 1070. The third-order valence-corrected chi connectivity index (χ3v) is 5.42. The summed E-state index contributed by atoms with van der Waals surface area (Å²) < 4.78 is 26.0. The number of fused-ring (bicyclic) bond motifs is 1. The van der Waals surface area contributed by atoms with Crippen LogP contribution < -0.4 is 15.0 Å². The lowest BCUT2D eigenvalue weighted by Gasteiger charge is -2.27. The van der Waals surface area contributed by atoms with Gasteiger partial charge in [-0.2, -0.15) is 4.98 Å². The van der Waals surface area contributed by atoms with Gasteiger partial charge in [0, 0.05) is 23.9 Å². The van der Waals surface area contributed by atoms with Crippen molar-refractivity contribution in [3.8, 4) is 17.4 Å². The van der Waals surface area contributed by atoms with Crippen LogP contribution in [0.5, 0.6) is 17.4 Å². The molecule has 2 N–H and O–H groups in total. The van der Waals surface area contributed by atoms with Crippen molar-refractivity contribution in [2.24, 2.45) is 0 Å². The van der Waals surface area contributed by atoms with E-state index in [0.717, 1.165) is 12.8 Å². The van der Waals surface area contributed by atoms with E-state index in [1.54, 1.807) is 42.0 Å². The standard InChI is InChI=1S/C21H20FN3O4/c1-28-18-7-5-14-17(8-11-23-19(14)24-18)29-13-4-6-15(16(22)12-13)21(20(26)25-27)9-2-3-10-21/h4-8,11-12,27H,2-3,9-10H2,1H3,(H,25,26). The minimum atomic E-state index is -1.05. The molecule has 1 aliphatic rings. The molecule has 150 valence electrons. The Morgan fingerprint density at radius 3 is 2.69 bits per heavy atom. The summed E-state index contributed by atoms with van der Waals surface area (Å²) >= 11 is 0. The first-order valence-electron chi connectivity index (χ1n) is 9.29. The Balaban J connectivity index is 1.67. The number of carbonyl (C=O) groups is 1. The van der Waals surface area contributed by atoms with Gasteiger partial charge in [0.25, 0.3) is 5.91 Å². The smallest absolute Gasteiger partial charge is 0.254 e. The Labute approximate surface area is 166 Å². The molecule has 0 atom stereocenters. The van der Waals surface area contributed by atoms with Crippen molar-refractivity contribution in [2.45, 2.75) is 31.1 Å². The lowest BCUT2D eigenvalue weighted by Crippen LogP contribution is -2.41. The van der Waals surface area contributed by atoms with Crippen LogP contribution in [0.15, 0.2) is 42.6 Å². The third-order valence-electron chi connectivity index (χ3n) is 5.42. The molecule has 2 aromatic heterocycles. The number of carbonyl (C=O) groups excluding carboxylic acids is 1. The quantitative estimate of drug-likeness (QED) is 0.501. The number of amides is 1. The molecule has 0 spiro atoms. The van der Waals surface area contributed by atoms with Gasteiger partial charge in [-0.1, -0.05) is 18.9 Å². The molecule has 0 unspecified atom stereocenters. The van der Waals surface area contributed by atoms with Crippen molar-refractivity contribution in [3.05, 3.63) is 54.0 Å². The molecule has 1 amide bonds. The van der Waals surface area contributed by atoms with Crippen LogP contribution in [-0.4, -0.2) is 28.2 Å².